The number of hydrogen-bond acceptors (Lipinski definition) is 3. The number of nitro groups is 1. The molecule has 22 heavy (non-hydrogen) atoms. The first-order valence-electron chi connectivity index (χ1n) is 6.47. The van der Waals surface area contributed by atoms with E-state index in [4.69, 9.17) is 0 Å². The Morgan fingerprint density at radius 2 is 1.95 bits per heavy atom. The van der Waals surface area contributed by atoms with E-state index >= 15 is 0 Å². The molecule has 0 aliphatic heterocycles. The molecule has 2 aromatic carbocycles. The monoisotopic (exact) mass is 303 g/mol. The lowest BCUT2D eigenvalue weighted by atomic mass is 10.2. The number of carbonyl (C=O) groups is 1. The zero-order valence-corrected chi connectivity index (χ0v) is 11.8. The lowest BCUT2D eigenvalue weighted by Gasteiger charge is -2.18. The normalized spacial score (nSPS) is 10.1. The molecule has 0 bridgehead atoms. The van der Waals surface area contributed by atoms with E-state index in [2.05, 4.69) is 5.32 Å². The minimum absolute atomic E-state index is 0.0982. The lowest BCUT2D eigenvalue weighted by Crippen LogP contribution is -2.30. The summed E-state index contributed by atoms with van der Waals surface area (Å²) in [6, 6.07) is 11.1. The molecule has 6 nitrogen and oxygen atoms in total. The molecule has 2 amide bonds. The van der Waals surface area contributed by atoms with Gasteiger partial charge in [-0.05, 0) is 23.8 Å². The Labute approximate surface area is 126 Å². The van der Waals surface area contributed by atoms with E-state index in [1.165, 1.54) is 35.2 Å². The molecule has 0 heterocycles. The number of hydrogen-bond donors (Lipinski definition) is 1. The molecule has 0 aliphatic rings. The highest BCUT2D eigenvalue weighted by atomic mass is 19.1. The third-order valence-corrected chi connectivity index (χ3v) is 2.99. The number of non-ortho nitro benzene ring substituents is 1. The van der Waals surface area contributed by atoms with Gasteiger partial charge in [-0.1, -0.05) is 18.2 Å². The Morgan fingerprint density at radius 1 is 1.27 bits per heavy atom. The number of amides is 2. The van der Waals surface area contributed by atoms with Gasteiger partial charge in [0.2, 0.25) is 0 Å². The molecular weight excluding hydrogens is 289 g/mol. The molecule has 0 aromatic heterocycles. The van der Waals surface area contributed by atoms with Crippen LogP contribution in [0.3, 0.4) is 0 Å². The van der Waals surface area contributed by atoms with Crippen molar-refractivity contribution in [2.45, 2.75) is 6.54 Å². The lowest BCUT2D eigenvalue weighted by molar-refractivity contribution is -0.384. The fourth-order valence-electron chi connectivity index (χ4n) is 1.85. The number of anilines is 1. The summed E-state index contributed by atoms with van der Waals surface area (Å²) in [5.74, 6) is -0.340. The molecule has 2 rings (SSSR count). The Morgan fingerprint density at radius 3 is 2.59 bits per heavy atom. The van der Waals surface area contributed by atoms with Crippen LogP contribution in [0, 0.1) is 15.9 Å². The molecule has 0 fully saturated rings. The van der Waals surface area contributed by atoms with Crippen LogP contribution in [0.1, 0.15) is 5.56 Å². The standard InChI is InChI=1S/C15H14FN3O3/c1-18(10-11-5-7-12(16)8-6-11)15(20)17-13-3-2-4-14(9-13)19(21)22/h2-9H,10H2,1H3,(H,17,20). The summed E-state index contributed by atoms with van der Waals surface area (Å²) in [4.78, 5) is 23.6. The van der Waals surface area contributed by atoms with Crippen molar-refractivity contribution >= 4 is 17.4 Å². The molecule has 0 saturated carbocycles. The molecule has 7 heteroatoms. The van der Waals surface area contributed by atoms with E-state index in [0.29, 0.717) is 12.2 Å². The van der Waals surface area contributed by atoms with Crippen LogP contribution in [0.15, 0.2) is 48.5 Å². The number of rotatable bonds is 4. The van der Waals surface area contributed by atoms with E-state index in [-0.39, 0.29) is 11.5 Å². The van der Waals surface area contributed by atoms with Crippen molar-refractivity contribution in [3.63, 3.8) is 0 Å². The van der Waals surface area contributed by atoms with Crippen LogP contribution >= 0.6 is 0 Å². The highest BCUT2D eigenvalue weighted by Crippen LogP contribution is 2.17. The highest BCUT2D eigenvalue weighted by Gasteiger charge is 2.12. The number of carbonyl (C=O) groups excluding carboxylic acids is 1. The van der Waals surface area contributed by atoms with E-state index < -0.39 is 11.0 Å². The van der Waals surface area contributed by atoms with Gasteiger partial charge < -0.3 is 10.2 Å². The van der Waals surface area contributed by atoms with Crippen LogP contribution in [0.2, 0.25) is 0 Å². The van der Waals surface area contributed by atoms with E-state index in [1.807, 2.05) is 0 Å². The van der Waals surface area contributed by atoms with Crippen molar-refractivity contribution in [2.24, 2.45) is 0 Å². The SMILES string of the molecule is CN(Cc1ccc(F)cc1)C(=O)Nc1cccc([N+](=O)[O-])c1. The Balaban J connectivity index is 2.00. The first-order chi connectivity index (χ1) is 10.5. The second kappa shape index (κ2) is 6.66. The van der Waals surface area contributed by atoms with Crippen LogP contribution in [0.25, 0.3) is 0 Å². The maximum atomic E-state index is 12.8. The van der Waals surface area contributed by atoms with Gasteiger partial charge in [-0.2, -0.15) is 0 Å². The van der Waals surface area contributed by atoms with Gasteiger partial charge in [0.15, 0.2) is 0 Å². The average Bonchev–Trinajstić information content (AvgIpc) is 2.49. The van der Waals surface area contributed by atoms with E-state index in [1.54, 1.807) is 25.2 Å². The van der Waals surface area contributed by atoms with Gasteiger partial charge in [0.1, 0.15) is 5.82 Å². The predicted molar refractivity (Wildman–Crippen MR) is 80.0 cm³/mol. The highest BCUT2D eigenvalue weighted by molar-refractivity contribution is 5.89. The minimum Gasteiger partial charge on any atom is -0.323 e. The number of nitro benzene ring substituents is 1. The van der Waals surface area contributed by atoms with Crippen molar-refractivity contribution in [1.82, 2.24) is 4.90 Å². The van der Waals surface area contributed by atoms with Crippen LogP contribution < -0.4 is 5.32 Å². The molecule has 2 aromatic rings. The molecule has 0 spiro atoms. The topological polar surface area (TPSA) is 75.5 Å². The maximum Gasteiger partial charge on any atom is 0.321 e. The smallest absolute Gasteiger partial charge is 0.321 e. The zero-order chi connectivity index (χ0) is 16.1. The minimum atomic E-state index is -0.530. The van der Waals surface area contributed by atoms with Gasteiger partial charge >= 0.3 is 6.03 Å². The predicted octanol–water partition coefficient (Wildman–Crippen LogP) is 3.40. The summed E-state index contributed by atoms with van der Waals surface area (Å²) in [5, 5.41) is 13.3. The van der Waals surface area contributed by atoms with Crippen molar-refractivity contribution < 1.29 is 14.1 Å². The van der Waals surface area contributed by atoms with Crippen molar-refractivity contribution in [3.05, 3.63) is 70.0 Å². The summed E-state index contributed by atoms with van der Waals surface area (Å²) in [7, 11) is 1.58. The summed E-state index contributed by atoms with van der Waals surface area (Å²) in [6.07, 6.45) is 0. The van der Waals surface area contributed by atoms with Gasteiger partial charge in [-0.25, -0.2) is 9.18 Å². The van der Waals surface area contributed by atoms with Crippen LogP contribution in [0.4, 0.5) is 20.6 Å². The summed E-state index contributed by atoms with van der Waals surface area (Å²) in [5.41, 5.74) is 1.02. The van der Waals surface area contributed by atoms with Gasteiger partial charge in [-0.3, -0.25) is 10.1 Å². The van der Waals surface area contributed by atoms with Crippen molar-refractivity contribution in [1.29, 1.82) is 0 Å². The van der Waals surface area contributed by atoms with Gasteiger partial charge in [0.25, 0.3) is 5.69 Å². The van der Waals surface area contributed by atoms with Crippen molar-refractivity contribution in [3.8, 4) is 0 Å². The third kappa shape index (κ3) is 4.02. The Bertz CT molecular complexity index is 689. The van der Waals surface area contributed by atoms with Crippen molar-refractivity contribution in [2.75, 3.05) is 12.4 Å². The number of urea groups is 1. The summed E-state index contributed by atoms with van der Waals surface area (Å²) >= 11 is 0. The average molecular weight is 303 g/mol. The Kier molecular flexibility index (Phi) is 4.67. The van der Waals surface area contributed by atoms with Gasteiger partial charge in [-0.15, -0.1) is 0 Å². The number of benzene rings is 2. The molecule has 0 unspecified atom stereocenters. The number of nitrogens with one attached hydrogen (secondary N) is 1. The van der Waals surface area contributed by atoms with E-state index in [9.17, 15) is 19.3 Å². The van der Waals surface area contributed by atoms with E-state index in [0.717, 1.165) is 5.56 Å². The second-order valence-corrected chi connectivity index (χ2v) is 4.72. The fraction of sp³-hybridized carbons (Fsp3) is 0.133. The molecular formula is C15H14FN3O3. The van der Waals surface area contributed by atoms with Gasteiger partial charge in [0, 0.05) is 31.4 Å². The largest absolute Gasteiger partial charge is 0.323 e. The van der Waals surface area contributed by atoms with Crippen LogP contribution in [-0.2, 0) is 6.54 Å². The van der Waals surface area contributed by atoms with Gasteiger partial charge in [0.05, 0.1) is 4.92 Å². The molecule has 0 radical (unpaired) electrons. The van der Waals surface area contributed by atoms with Crippen LogP contribution in [0.5, 0.6) is 0 Å². The molecule has 1 N–H and O–H groups in total. The zero-order valence-electron chi connectivity index (χ0n) is 11.8. The first-order valence-corrected chi connectivity index (χ1v) is 6.47. The maximum absolute atomic E-state index is 12.8. The summed E-state index contributed by atoms with van der Waals surface area (Å²) < 4.78 is 12.8. The second-order valence-electron chi connectivity index (χ2n) is 4.72. The van der Waals surface area contributed by atoms with Crippen LogP contribution in [-0.4, -0.2) is 22.9 Å². The molecule has 0 saturated heterocycles. The summed E-state index contributed by atoms with van der Waals surface area (Å²) in [6.45, 7) is 0.293. The quantitative estimate of drug-likeness (QED) is 0.694. The molecule has 114 valence electrons. The molecule has 0 atom stereocenters. The Hall–Kier alpha value is -2.96. The first kappa shape index (κ1) is 15.4. The molecule has 0 aliphatic carbocycles. The number of nitrogens with zero attached hydrogens (tertiary/aromatic N) is 2. The number of halogens is 1. The fourth-order valence-corrected chi connectivity index (χ4v) is 1.85. The third-order valence-electron chi connectivity index (χ3n) is 2.99.